The SMILES string of the molecule is CCC1(CC)Oc2ccccc2C(c2ccccc2)N1O. The summed E-state index contributed by atoms with van der Waals surface area (Å²) in [5, 5.41) is 12.3. The Labute approximate surface area is 125 Å². The summed E-state index contributed by atoms with van der Waals surface area (Å²) in [7, 11) is 0. The van der Waals surface area contributed by atoms with E-state index in [1.807, 2.05) is 68.4 Å². The van der Waals surface area contributed by atoms with Gasteiger partial charge >= 0.3 is 0 Å². The molecule has 0 saturated carbocycles. The van der Waals surface area contributed by atoms with E-state index in [2.05, 4.69) is 0 Å². The van der Waals surface area contributed by atoms with Crippen LogP contribution in [0, 0.1) is 0 Å². The lowest BCUT2D eigenvalue weighted by atomic mass is 9.92. The number of benzene rings is 2. The molecular formula is C18H21NO2. The van der Waals surface area contributed by atoms with Crippen molar-refractivity contribution in [3.8, 4) is 5.75 Å². The zero-order chi connectivity index (χ0) is 14.9. The number of nitrogens with zero attached hydrogens (tertiary/aromatic N) is 1. The minimum absolute atomic E-state index is 0.198. The van der Waals surface area contributed by atoms with Gasteiger partial charge in [-0.05, 0) is 11.6 Å². The standard InChI is InChI=1S/C18H21NO2/c1-3-18(4-2)19(20)17(14-10-6-5-7-11-14)15-12-8-9-13-16(15)21-18/h5-13,17,20H,3-4H2,1-2H3. The lowest BCUT2D eigenvalue weighted by Gasteiger charge is -2.47. The molecule has 2 aromatic rings. The van der Waals surface area contributed by atoms with Gasteiger partial charge in [-0.25, -0.2) is 0 Å². The number of hydrogen-bond donors (Lipinski definition) is 1. The lowest BCUT2D eigenvalue weighted by molar-refractivity contribution is -0.280. The number of fused-ring (bicyclic) bond motifs is 1. The summed E-state index contributed by atoms with van der Waals surface area (Å²) in [5.41, 5.74) is 1.40. The van der Waals surface area contributed by atoms with E-state index in [9.17, 15) is 5.21 Å². The molecular weight excluding hydrogens is 262 g/mol. The van der Waals surface area contributed by atoms with Crippen LogP contribution in [-0.2, 0) is 0 Å². The summed E-state index contributed by atoms with van der Waals surface area (Å²) in [6, 6.07) is 17.9. The van der Waals surface area contributed by atoms with Crippen molar-refractivity contribution in [1.82, 2.24) is 5.06 Å². The van der Waals surface area contributed by atoms with Crippen molar-refractivity contribution in [2.24, 2.45) is 0 Å². The molecule has 1 unspecified atom stereocenters. The molecule has 0 spiro atoms. The van der Waals surface area contributed by atoms with E-state index in [1.54, 1.807) is 0 Å². The van der Waals surface area contributed by atoms with E-state index in [0.717, 1.165) is 29.7 Å². The topological polar surface area (TPSA) is 32.7 Å². The van der Waals surface area contributed by atoms with Crippen molar-refractivity contribution >= 4 is 0 Å². The van der Waals surface area contributed by atoms with Crippen LogP contribution in [0.5, 0.6) is 5.75 Å². The molecule has 0 bridgehead atoms. The first-order chi connectivity index (χ1) is 10.2. The number of ether oxygens (including phenoxy) is 1. The summed E-state index contributed by atoms with van der Waals surface area (Å²) < 4.78 is 6.16. The molecule has 0 fully saturated rings. The molecule has 3 rings (SSSR count). The molecule has 3 nitrogen and oxygen atoms in total. The monoisotopic (exact) mass is 283 g/mol. The van der Waals surface area contributed by atoms with Gasteiger partial charge in [0.2, 0.25) is 0 Å². The van der Waals surface area contributed by atoms with Gasteiger partial charge in [-0.1, -0.05) is 62.4 Å². The van der Waals surface area contributed by atoms with Gasteiger partial charge in [-0.2, -0.15) is 0 Å². The van der Waals surface area contributed by atoms with Gasteiger partial charge in [0, 0.05) is 18.4 Å². The van der Waals surface area contributed by atoms with Gasteiger partial charge in [0.25, 0.3) is 0 Å². The Bertz CT molecular complexity index is 608. The van der Waals surface area contributed by atoms with E-state index in [1.165, 1.54) is 5.06 Å². The quantitative estimate of drug-likeness (QED) is 0.907. The third kappa shape index (κ3) is 2.23. The van der Waals surface area contributed by atoms with Crippen molar-refractivity contribution in [1.29, 1.82) is 0 Å². The second-order valence-electron chi connectivity index (χ2n) is 5.45. The van der Waals surface area contributed by atoms with Crippen molar-refractivity contribution < 1.29 is 9.94 Å². The Balaban J connectivity index is 2.16. The largest absolute Gasteiger partial charge is 0.470 e. The molecule has 0 aromatic heterocycles. The first kappa shape index (κ1) is 14.1. The Morgan fingerprint density at radius 1 is 1.00 bits per heavy atom. The van der Waals surface area contributed by atoms with Crippen molar-refractivity contribution in [2.75, 3.05) is 0 Å². The van der Waals surface area contributed by atoms with Gasteiger partial charge in [0.1, 0.15) is 5.75 Å². The maximum Gasteiger partial charge on any atom is 0.185 e. The summed E-state index contributed by atoms with van der Waals surface area (Å²) in [5.74, 6) is 0.861. The van der Waals surface area contributed by atoms with E-state index < -0.39 is 5.72 Å². The van der Waals surface area contributed by atoms with Crippen LogP contribution in [0.15, 0.2) is 54.6 Å². The number of hydrogen-bond acceptors (Lipinski definition) is 3. The highest BCUT2D eigenvalue weighted by molar-refractivity contribution is 5.43. The second kappa shape index (κ2) is 5.51. The molecule has 2 aromatic carbocycles. The van der Waals surface area contributed by atoms with Crippen LogP contribution >= 0.6 is 0 Å². The molecule has 1 atom stereocenters. The third-order valence-electron chi connectivity index (χ3n) is 4.40. The summed E-state index contributed by atoms with van der Waals surface area (Å²) in [6.07, 6.45) is 1.44. The first-order valence-electron chi connectivity index (χ1n) is 7.53. The minimum atomic E-state index is -0.672. The normalized spacial score (nSPS) is 20.6. The van der Waals surface area contributed by atoms with Gasteiger partial charge in [-0.15, -0.1) is 5.06 Å². The summed E-state index contributed by atoms with van der Waals surface area (Å²) in [4.78, 5) is 0. The molecule has 0 aliphatic carbocycles. The van der Waals surface area contributed by atoms with Gasteiger partial charge in [-0.3, -0.25) is 0 Å². The van der Waals surface area contributed by atoms with Crippen LogP contribution in [0.4, 0.5) is 0 Å². The molecule has 0 saturated heterocycles. The minimum Gasteiger partial charge on any atom is -0.470 e. The zero-order valence-electron chi connectivity index (χ0n) is 12.5. The first-order valence-corrected chi connectivity index (χ1v) is 7.53. The van der Waals surface area contributed by atoms with Gasteiger partial charge in [0.15, 0.2) is 5.72 Å². The second-order valence-corrected chi connectivity index (χ2v) is 5.45. The molecule has 110 valence electrons. The highest BCUT2D eigenvalue weighted by Crippen LogP contribution is 2.45. The average Bonchev–Trinajstić information content (AvgIpc) is 2.55. The highest BCUT2D eigenvalue weighted by atomic mass is 16.6. The molecule has 0 amide bonds. The van der Waals surface area contributed by atoms with Crippen LogP contribution in [0.25, 0.3) is 0 Å². The Hall–Kier alpha value is -1.84. The molecule has 3 heteroatoms. The molecule has 0 radical (unpaired) electrons. The van der Waals surface area contributed by atoms with Crippen LogP contribution in [0.3, 0.4) is 0 Å². The summed E-state index contributed by atoms with van der Waals surface area (Å²) >= 11 is 0. The highest BCUT2D eigenvalue weighted by Gasteiger charge is 2.45. The Morgan fingerprint density at radius 3 is 2.29 bits per heavy atom. The number of para-hydroxylation sites is 1. The smallest absolute Gasteiger partial charge is 0.185 e. The van der Waals surface area contributed by atoms with Crippen molar-refractivity contribution in [3.05, 3.63) is 65.7 Å². The molecule has 1 heterocycles. The van der Waals surface area contributed by atoms with Crippen LogP contribution < -0.4 is 4.74 Å². The zero-order valence-corrected chi connectivity index (χ0v) is 12.5. The fraction of sp³-hybridized carbons (Fsp3) is 0.333. The molecule has 21 heavy (non-hydrogen) atoms. The van der Waals surface area contributed by atoms with Crippen LogP contribution in [-0.4, -0.2) is 16.0 Å². The number of rotatable bonds is 3. The predicted octanol–water partition coefficient (Wildman–Crippen LogP) is 4.38. The number of hydroxylamine groups is 2. The summed E-state index contributed by atoms with van der Waals surface area (Å²) in [6.45, 7) is 4.09. The van der Waals surface area contributed by atoms with Crippen LogP contribution in [0.2, 0.25) is 0 Å². The maximum absolute atomic E-state index is 10.9. The lowest BCUT2D eigenvalue weighted by Crippen LogP contribution is -2.55. The molecule has 1 N–H and O–H groups in total. The molecule has 1 aliphatic rings. The Morgan fingerprint density at radius 2 is 1.62 bits per heavy atom. The maximum atomic E-state index is 10.9. The van der Waals surface area contributed by atoms with Crippen LogP contribution in [0.1, 0.15) is 43.9 Å². The molecule has 1 aliphatic heterocycles. The van der Waals surface area contributed by atoms with Gasteiger partial charge in [0.05, 0.1) is 6.04 Å². The fourth-order valence-electron chi connectivity index (χ4n) is 3.09. The third-order valence-corrected chi connectivity index (χ3v) is 4.40. The van der Waals surface area contributed by atoms with Gasteiger partial charge < -0.3 is 9.94 Å². The predicted molar refractivity (Wildman–Crippen MR) is 82.3 cm³/mol. The fourth-order valence-corrected chi connectivity index (χ4v) is 3.09. The van der Waals surface area contributed by atoms with E-state index in [4.69, 9.17) is 4.74 Å². The van der Waals surface area contributed by atoms with Crippen molar-refractivity contribution in [3.63, 3.8) is 0 Å². The van der Waals surface area contributed by atoms with E-state index in [0.29, 0.717) is 0 Å². The van der Waals surface area contributed by atoms with Crippen molar-refractivity contribution in [2.45, 2.75) is 38.5 Å². The van der Waals surface area contributed by atoms with E-state index >= 15 is 0 Å². The van der Waals surface area contributed by atoms with E-state index in [-0.39, 0.29) is 6.04 Å². The average molecular weight is 283 g/mol. The Kier molecular flexibility index (Phi) is 3.70.